The lowest BCUT2D eigenvalue weighted by molar-refractivity contribution is -0.120. The van der Waals surface area contributed by atoms with Crippen molar-refractivity contribution < 1.29 is 4.79 Å². The SMILES string of the molecule is CCc1cccc(NC(=O)C2CCN(c3ccc(-n4cccc4)cn3)CC2)c1. The molecule has 1 amide bonds. The van der Waals surface area contributed by atoms with E-state index in [9.17, 15) is 4.79 Å². The van der Waals surface area contributed by atoms with Gasteiger partial charge in [0.25, 0.3) is 0 Å². The van der Waals surface area contributed by atoms with Gasteiger partial charge in [-0.25, -0.2) is 4.98 Å². The molecule has 1 aromatic carbocycles. The quantitative estimate of drug-likeness (QED) is 0.725. The van der Waals surface area contributed by atoms with Gasteiger partial charge in [0.2, 0.25) is 5.91 Å². The lowest BCUT2D eigenvalue weighted by Gasteiger charge is -2.32. The molecule has 2 aromatic heterocycles. The Morgan fingerprint density at radius 3 is 2.57 bits per heavy atom. The van der Waals surface area contributed by atoms with Crippen LogP contribution in [0.25, 0.3) is 5.69 Å². The van der Waals surface area contributed by atoms with Gasteiger partial charge in [0, 0.05) is 37.1 Å². The zero-order valence-corrected chi connectivity index (χ0v) is 16.2. The summed E-state index contributed by atoms with van der Waals surface area (Å²) in [6.45, 7) is 3.82. The van der Waals surface area contributed by atoms with Crippen molar-refractivity contribution in [3.63, 3.8) is 0 Å². The first-order valence-electron chi connectivity index (χ1n) is 9.97. The van der Waals surface area contributed by atoms with Crippen molar-refractivity contribution in [1.29, 1.82) is 0 Å². The Morgan fingerprint density at radius 2 is 1.89 bits per heavy atom. The van der Waals surface area contributed by atoms with E-state index in [0.717, 1.165) is 49.5 Å². The molecule has 0 aliphatic carbocycles. The number of benzene rings is 1. The second-order valence-electron chi connectivity index (χ2n) is 7.27. The number of amides is 1. The predicted octanol–water partition coefficient (Wildman–Crippen LogP) is 4.29. The topological polar surface area (TPSA) is 50.2 Å². The zero-order chi connectivity index (χ0) is 19.3. The Bertz CT molecular complexity index is 910. The number of carbonyl (C=O) groups is 1. The molecule has 28 heavy (non-hydrogen) atoms. The summed E-state index contributed by atoms with van der Waals surface area (Å²) in [4.78, 5) is 19.5. The molecule has 0 spiro atoms. The molecule has 3 aromatic rings. The fourth-order valence-corrected chi connectivity index (χ4v) is 3.71. The number of nitrogens with one attached hydrogen (secondary N) is 1. The summed E-state index contributed by atoms with van der Waals surface area (Å²) in [5.74, 6) is 1.16. The molecule has 0 unspecified atom stereocenters. The lowest BCUT2D eigenvalue weighted by Crippen LogP contribution is -2.38. The van der Waals surface area contributed by atoms with Gasteiger partial charge in [-0.3, -0.25) is 4.79 Å². The number of aromatic nitrogens is 2. The lowest BCUT2D eigenvalue weighted by atomic mass is 9.95. The minimum absolute atomic E-state index is 0.0562. The highest BCUT2D eigenvalue weighted by Crippen LogP contribution is 2.24. The van der Waals surface area contributed by atoms with Crippen molar-refractivity contribution in [2.24, 2.45) is 5.92 Å². The Balaban J connectivity index is 1.33. The molecule has 5 heteroatoms. The van der Waals surface area contributed by atoms with Gasteiger partial charge in [-0.2, -0.15) is 0 Å². The van der Waals surface area contributed by atoms with Crippen molar-refractivity contribution in [3.8, 4) is 5.69 Å². The van der Waals surface area contributed by atoms with Gasteiger partial charge in [0.1, 0.15) is 5.82 Å². The van der Waals surface area contributed by atoms with Crippen LogP contribution in [0.5, 0.6) is 0 Å². The van der Waals surface area contributed by atoms with E-state index >= 15 is 0 Å². The predicted molar refractivity (Wildman–Crippen MR) is 113 cm³/mol. The molecule has 3 heterocycles. The number of hydrogen-bond acceptors (Lipinski definition) is 3. The Hall–Kier alpha value is -3.08. The Labute approximate surface area is 166 Å². The van der Waals surface area contributed by atoms with Crippen LogP contribution in [0.15, 0.2) is 67.1 Å². The highest BCUT2D eigenvalue weighted by molar-refractivity contribution is 5.92. The van der Waals surface area contributed by atoms with E-state index in [1.54, 1.807) is 0 Å². The Kier molecular flexibility index (Phi) is 5.42. The maximum absolute atomic E-state index is 12.6. The number of hydrogen-bond donors (Lipinski definition) is 1. The monoisotopic (exact) mass is 374 g/mol. The van der Waals surface area contributed by atoms with Crippen LogP contribution >= 0.6 is 0 Å². The third kappa shape index (κ3) is 4.09. The van der Waals surface area contributed by atoms with Crippen molar-refractivity contribution in [1.82, 2.24) is 9.55 Å². The summed E-state index contributed by atoms with van der Waals surface area (Å²) in [6.07, 6.45) is 8.59. The number of rotatable bonds is 5. The number of pyridine rings is 1. The summed E-state index contributed by atoms with van der Waals surface area (Å²) in [5, 5.41) is 3.09. The fourth-order valence-electron chi connectivity index (χ4n) is 3.71. The second kappa shape index (κ2) is 8.30. The van der Waals surface area contributed by atoms with Gasteiger partial charge in [-0.15, -0.1) is 0 Å². The zero-order valence-electron chi connectivity index (χ0n) is 16.2. The number of piperidine rings is 1. The normalized spacial score (nSPS) is 14.8. The van der Waals surface area contributed by atoms with E-state index in [2.05, 4.69) is 46.4 Å². The van der Waals surface area contributed by atoms with Gasteiger partial charge in [-0.1, -0.05) is 19.1 Å². The average molecular weight is 374 g/mol. The molecule has 144 valence electrons. The molecule has 0 bridgehead atoms. The highest BCUT2D eigenvalue weighted by Gasteiger charge is 2.25. The first-order valence-corrected chi connectivity index (χ1v) is 9.97. The maximum Gasteiger partial charge on any atom is 0.227 e. The smallest absolute Gasteiger partial charge is 0.227 e. The first kappa shape index (κ1) is 18.3. The molecule has 1 aliphatic heterocycles. The maximum atomic E-state index is 12.6. The minimum Gasteiger partial charge on any atom is -0.357 e. The summed E-state index contributed by atoms with van der Waals surface area (Å²) in [5.41, 5.74) is 3.19. The molecule has 1 aliphatic rings. The first-order chi connectivity index (χ1) is 13.7. The molecular weight excluding hydrogens is 348 g/mol. The number of carbonyl (C=O) groups excluding carboxylic acids is 1. The van der Waals surface area contributed by atoms with Crippen LogP contribution in [-0.2, 0) is 11.2 Å². The second-order valence-corrected chi connectivity index (χ2v) is 7.27. The minimum atomic E-state index is 0.0562. The van der Waals surface area contributed by atoms with E-state index < -0.39 is 0 Å². The molecule has 1 N–H and O–H groups in total. The van der Waals surface area contributed by atoms with E-state index in [-0.39, 0.29) is 11.8 Å². The molecule has 0 radical (unpaired) electrons. The third-order valence-corrected chi connectivity index (χ3v) is 5.43. The summed E-state index contributed by atoms with van der Waals surface area (Å²) >= 11 is 0. The van der Waals surface area contributed by atoms with Gasteiger partial charge in [0.15, 0.2) is 0 Å². The van der Waals surface area contributed by atoms with Gasteiger partial charge in [0.05, 0.1) is 11.9 Å². The number of aryl methyl sites for hydroxylation is 1. The third-order valence-electron chi connectivity index (χ3n) is 5.43. The summed E-state index contributed by atoms with van der Waals surface area (Å²) in [6, 6.07) is 16.3. The van der Waals surface area contributed by atoms with Crippen LogP contribution in [0.3, 0.4) is 0 Å². The van der Waals surface area contributed by atoms with Crippen molar-refractivity contribution in [3.05, 3.63) is 72.7 Å². The van der Waals surface area contributed by atoms with E-state index in [0.29, 0.717) is 0 Å². The molecular formula is C23H26N4O. The standard InChI is InChI=1S/C23H26N4O/c1-2-18-6-5-7-20(16-18)25-23(28)19-10-14-27(15-11-19)22-9-8-21(17-24-22)26-12-3-4-13-26/h3-9,12-13,16-17,19H,2,10-11,14-15H2,1H3,(H,25,28). The van der Waals surface area contributed by atoms with Gasteiger partial charge >= 0.3 is 0 Å². The van der Waals surface area contributed by atoms with Crippen molar-refractivity contribution in [2.45, 2.75) is 26.2 Å². The molecule has 4 rings (SSSR count). The summed E-state index contributed by atoms with van der Waals surface area (Å²) < 4.78 is 2.04. The molecule has 5 nitrogen and oxygen atoms in total. The molecule has 0 atom stereocenters. The Morgan fingerprint density at radius 1 is 1.11 bits per heavy atom. The van der Waals surface area contributed by atoms with E-state index in [1.807, 2.05) is 47.4 Å². The van der Waals surface area contributed by atoms with Gasteiger partial charge in [-0.05, 0) is 61.2 Å². The highest BCUT2D eigenvalue weighted by atomic mass is 16.1. The van der Waals surface area contributed by atoms with E-state index in [4.69, 9.17) is 0 Å². The molecule has 1 fully saturated rings. The van der Waals surface area contributed by atoms with Crippen LogP contribution in [-0.4, -0.2) is 28.5 Å². The van der Waals surface area contributed by atoms with E-state index in [1.165, 1.54) is 5.56 Å². The van der Waals surface area contributed by atoms with Crippen LogP contribution < -0.4 is 10.2 Å². The van der Waals surface area contributed by atoms with Crippen LogP contribution in [0.1, 0.15) is 25.3 Å². The molecule has 0 saturated carbocycles. The van der Waals surface area contributed by atoms with Gasteiger partial charge < -0.3 is 14.8 Å². The van der Waals surface area contributed by atoms with Crippen LogP contribution in [0.4, 0.5) is 11.5 Å². The largest absolute Gasteiger partial charge is 0.357 e. The molecule has 1 saturated heterocycles. The fraction of sp³-hybridized carbons (Fsp3) is 0.304. The van der Waals surface area contributed by atoms with Crippen LogP contribution in [0, 0.1) is 5.92 Å². The van der Waals surface area contributed by atoms with Crippen LogP contribution in [0.2, 0.25) is 0 Å². The van der Waals surface area contributed by atoms with Crippen molar-refractivity contribution in [2.75, 3.05) is 23.3 Å². The van der Waals surface area contributed by atoms with Crippen molar-refractivity contribution >= 4 is 17.4 Å². The number of nitrogens with zero attached hydrogens (tertiary/aromatic N) is 3. The summed E-state index contributed by atoms with van der Waals surface area (Å²) in [7, 11) is 0. The number of anilines is 2. The average Bonchev–Trinajstić information content (AvgIpc) is 3.29.